The third-order valence-electron chi connectivity index (χ3n) is 3.18. The van der Waals surface area contributed by atoms with Gasteiger partial charge < -0.3 is 16.3 Å². The van der Waals surface area contributed by atoms with Gasteiger partial charge in [0.25, 0.3) is 0 Å². The molecular weight excluding hydrogens is 246 g/mol. The van der Waals surface area contributed by atoms with Gasteiger partial charge in [0.1, 0.15) is 5.84 Å². The van der Waals surface area contributed by atoms with Gasteiger partial charge in [0, 0.05) is 5.41 Å². The van der Waals surface area contributed by atoms with Crippen molar-refractivity contribution in [2.24, 2.45) is 16.3 Å². The maximum Gasteiger partial charge on any atom is 0.144 e. The van der Waals surface area contributed by atoms with Gasteiger partial charge in [-0.1, -0.05) is 31.8 Å². The molecule has 0 bridgehead atoms. The summed E-state index contributed by atoms with van der Waals surface area (Å²) in [5.41, 5.74) is 5.39. The second-order valence-corrected chi connectivity index (χ2v) is 6.26. The summed E-state index contributed by atoms with van der Waals surface area (Å²) in [6, 6.07) is 0. The van der Waals surface area contributed by atoms with Crippen molar-refractivity contribution in [2.75, 3.05) is 25.1 Å². The number of nitrogens with two attached hydrogens (primary N) is 1. The quantitative estimate of drug-likeness (QED) is 0.178. The van der Waals surface area contributed by atoms with E-state index in [1.165, 1.54) is 31.4 Å². The van der Waals surface area contributed by atoms with Crippen LogP contribution >= 0.6 is 11.8 Å². The molecule has 18 heavy (non-hydrogen) atoms. The Morgan fingerprint density at radius 3 is 2.50 bits per heavy atom. The Labute approximate surface area is 116 Å². The Balaban J connectivity index is 3.40. The molecule has 0 saturated carbocycles. The minimum absolute atomic E-state index is 0.236. The highest BCUT2D eigenvalue weighted by molar-refractivity contribution is 7.98. The van der Waals surface area contributed by atoms with Crippen LogP contribution in [0.4, 0.5) is 0 Å². The van der Waals surface area contributed by atoms with E-state index in [2.05, 4.69) is 16.7 Å². The molecule has 0 rings (SSSR count). The highest BCUT2D eigenvalue weighted by Gasteiger charge is 2.22. The van der Waals surface area contributed by atoms with Crippen LogP contribution in [-0.4, -0.2) is 36.1 Å². The lowest BCUT2D eigenvalue weighted by Crippen LogP contribution is -2.35. The van der Waals surface area contributed by atoms with E-state index in [-0.39, 0.29) is 5.41 Å². The topological polar surface area (TPSA) is 70.6 Å². The number of amidine groups is 1. The molecule has 0 aliphatic carbocycles. The molecule has 0 radical (unpaired) electrons. The van der Waals surface area contributed by atoms with Gasteiger partial charge in [0.05, 0.1) is 0 Å². The molecule has 0 unspecified atom stereocenters. The lowest BCUT2D eigenvalue weighted by atomic mass is 9.88. The van der Waals surface area contributed by atoms with E-state index >= 15 is 0 Å². The van der Waals surface area contributed by atoms with E-state index in [9.17, 15) is 0 Å². The monoisotopic (exact) mass is 275 g/mol. The zero-order valence-electron chi connectivity index (χ0n) is 12.0. The number of nitrogens with one attached hydrogen (secondary N) is 1. The van der Waals surface area contributed by atoms with E-state index in [1.807, 2.05) is 25.6 Å². The van der Waals surface area contributed by atoms with Crippen molar-refractivity contribution >= 4 is 17.6 Å². The highest BCUT2D eigenvalue weighted by atomic mass is 32.2. The molecular formula is C13H29N3OS. The van der Waals surface area contributed by atoms with Crippen molar-refractivity contribution in [3.8, 4) is 0 Å². The van der Waals surface area contributed by atoms with Gasteiger partial charge in [0.2, 0.25) is 0 Å². The lowest BCUT2D eigenvalue weighted by molar-refractivity contribution is 0.305. The van der Waals surface area contributed by atoms with Crippen molar-refractivity contribution in [1.29, 1.82) is 0 Å². The summed E-state index contributed by atoms with van der Waals surface area (Å²) in [6.45, 7) is 5.96. The molecule has 0 heterocycles. The molecule has 0 aromatic heterocycles. The fourth-order valence-corrected chi connectivity index (χ4v) is 2.13. The van der Waals surface area contributed by atoms with Crippen molar-refractivity contribution in [2.45, 2.75) is 46.0 Å². The number of nitrogens with zero attached hydrogens (tertiary/aromatic N) is 1. The molecule has 0 atom stereocenters. The first-order chi connectivity index (χ1) is 8.54. The molecule has 0 aromatic carbocycles. The largest absolute Gasteiger partial charge is 0.409 e. The third kappa shape index (κ3) is 8.64. The normalized spacial score (nSPS) is 12.9. The summed E-state index contributed by atoms with van der Waals surface area (Å²) in [5.74, 6) is 1.59. The molecule has 0 aliphatic rings. The summed E-state index contributed by atoms with van der Waals surface area (Å²) >= 11 is 1.92. The van der Waals surface area contributed by atoms with Crippen LogP contribution in [0.1, 0.15) is 46.0 Å². The molecule has 0 aromatic rings. The second kappa shape index (κ2) is 10.5. The first kappa shape index (κ1) is 17.6. The molecule has 0 spiro atoms. The SMILES string of the molecule is CSCCCCCCNCCC(C)(C)C(N)=NO. The average molecular weight is 275 g/mol. The van der Waals surface area contributed by atoms with E-state index in [0.29, 0.717) is 5.84 Å². The second-order valence-electron chi connectivity index (χ2n) is 5.28. The fourth-order valence-electron chi connectivity index (χ4n) is 1.64. The summed E-state index contributed by atoms with van der Waals surface area (Å²) in [6.07, 6.45) is 8.24. The minimum atomic E-state index is -0.236. The molecule has 0 aliphatic heterocycles. The van der Waals surface area contributed by atoms with Crippen molar-refractivity contribution in [3.63, 3.8) is 0 Å². The van der Waals surface area contributed by atoms with E-state index in [4.69, 9.17) is 10.9 Å². The molecule has 5 heteroatoms. The maximum atomic E-state index is 8.65. The predicted molar refractivity (Wildman–Crippen MR) is 81.5 cm³/mol. The van der Waals surface area contributed by atoms with Crippen molar-refractivity contribution in [3.05, 3.63) is 0 Å². The van der Waals surface area contributed by atoms with Crippen LogP contribution in [0.5, 0.6) is 0 Å². The zero-order chi connectivity index (χ0) is 13.9. The van der Waals surface area contributed by atoms with Crippen LogP contribution < -0.4 is 11.1 Å². The Bertz CT molecular complexity index is 232. The summed E-state index contributed by atoms with van der Waals surface area (Å²) in [7, 11) is 0. The number of oxime groups is 1. The van der Waals surface area contributed by atoms with Gasteiger partial charge in [-0.05, 0) is 44.4 Å². The maximum absolute atomic E-state index is 8.65. The summed E-state index contributed by atoms with van der Waals surface area (Å²) < 4.78 is 0. The Morgan fingerprint density at radius 1 is 1.22 bits per heavy atom. The summed E-state index contributed by atoms with van der Waals surface area (Å²) in [4.78, 5) is 0. The lowest BCUT2D eigenvalue weighted by Gasteiger charge is -2.22. The van der Waals surface area contributed by atoms with Gasteiger partial charge in [-0.25, -0.2) is 0 Å². The number of rotatable bonds is 11. The zero-order valence-corrected chi connectivity index (χ0v) is 12.9. The van der Waals surface area contributed by atoms with Crippen LogP contribution in [0.15, 0.2) is 5.16 Å². The van der Waals surface area contributed by atoms with Crippen LogP contribution in [0.2, 0.25) is 0 Å². The smallest absolute Gasteiger partial charge is 0.144 e. The van der Waals surface area contributed by atoms with Crippen molar-refractivity contribution in [1.82, 2.24) is 5.32 Å². The molecule has 0 fully saturated rings. The first-order valence-electron chi connectivity index (χ1n) is 6.72. The highest BCUT2D eigenvalue weighted by Crippen LogP contribution is 2.19. The molecule has 4 N–H and O–H groups in total. The number of hydrogen-bond donors (Lipinski definition) is 3. The van der Waals surface area contributed by atoms with Crippen LogP contribution in [-0.2, 0) is 0 Å². The average Bonchev–Trinajstić information content (AvgIpc) is 2.35. The Hall–Kier alpha value is -0.420. The van der Waals surface area contributed by atoms with Gasteiger partial charge in [0.15, 0.2) is 0 Å². The van der Waals surface area contributed by atoms with Crippen molar-refractivity contribution < 1.29 is 5.21 Å². The van der Waals surface area contributed by atoms with E-state index in [0.717, 1.165) is 19.5 Å². The van der Waals surface area contributed by atoms with E-state index < -0.39 is 0 Å². The van der Waals surface area contributed by atoms with Crippen LogP contribution in [0.3, 0.4) is 0 Å². The van der Waals surface area contributed by atoms with Gasteiger partial charge >= 0.3 is 0 Å². The fraction of sp³-hybridized carbons (Fsp3) is 0.923. The van der Waals surface area contributed by atoms with E-state index in [1.54, 1.807) is 0 Å². The molecule has 108 valence electrons. The Kier molecular flexibility index (Phi) is 10.3. The minimum Gasteiger partial charge on any atom is -0.409 e. The number of unbranched alkanes of at least 4 members (excludes halogenated alkanes) is 3. The molecule has 0 saturated heterocycles. The van der Waals surface area contributed by atoms with Gasteiger partial charge in [-0.3, -0.25) is 0 Å². The van der Waals surface area contributed by atoms with Crippen LogP contribution in [0, 0.1) is 5.41 Å². The van der Waals surface area contributed by atoms with Gasteiger partial charge in [-0.15, -0.1) is 0 Å². The number of hydrogen-bond acceptors (Lipinski definition) is 4. The van der Waals surface area contributed by atoms with Crippen LogP contribution in [0.25, 0.3) is 0 Å². The molecule has 4 nitrogen and oxygen atoms in total. The summed E-state index contributed by atoms with van der Waals surface area (Å²) in [5, 5.41) is 15.2. The van der Waals surface area contributed by atoms with Gasteiger partial charge in [-0.2, -0.15) is 11.8 Å². The number of thioether (sulfide) groups is 1. The molecule has 0 amide bonds. The Morgan fingerprint density at radius 2 is 1.89 bits per heavy atom. The predicted octanol–water partition coefficient (Wildman–Crippen LogP) is 2.66. The first-order valence-corrected chi connectivity index (χ1v) is 8.11. The standard InChI is InChI=1S/C13H29N3OS/c1-13(2,12(14)16-17)8-10-15-9-6-4-5-7-11-18-3/h15,17H,4-11H2,1-3H3,(H2,14,16). The third-order valence-corrected chi connectivity index (χ3v) is 3.88.